The van der Waals surface area contributed by atoms with Crippen molar-refractivity contribution < 1.29 is 4.42 Å². The molecule has 12 aromatic rings. The van der Waals surface area contributed by atoms with E-state index in [1.54, 1.807) is 11.8 Å². The fraction of sp³-hybridized carbons (Fsp3) is 0. The fourth-order valence-corrected chi connectivity index (χ4v) is 10.3. The van der Waals surface area contributed by atoms with E-state index in [2.05, 4.69) is 173 Å². The summed E-state index contributed by atoms with van der Waals surface area (Å²) in [5, 5.41) is 5.79. The molecule has 0 unspecified atom stereocenters. The smallest absolute Gasteiger partial charge is 0.167 e. The van der Waals surface area contributed by atoms with Gasteiger partial charge >= 0.3 is 0 Å². The molecule has 8 aromatic carbocycles. The van der Waals surface area contributed by atoms with Crippen LogP contribution >= 0.6 is 11.8 Å². The number of furan rings is 1. The van der Waals surface area contributed by atoms with Gasteiger partial charge in [0, 0.05) is 53.5 Å². The maximum atomic E-state index is 6.56. The average molecular weight is 786 g/mol. The average Bonchev–Trinajstić information content (AvgIpc) is 3.98. The maximum Gasteiger partial charge on any atom is 0.167 e. The Morgan fingerprint density at radius 2 is 1.08 bits per heavy atom. The number of rotatable bonds is 5. The second kappa shape index (κ2) is 12.9. The zero-order valence-corrected chi connectivity index (χ0v) is 32.8. The van der Waals surface area contributed by atoms with Crippen LogP contribution in [0.1, 0.15) is 0 Å². The SMILES string of the molecule is c1ccc(-c2cccc(-c3nc(-c4cccc5c4Sc4cccc6c7c8ccccc8n(-c8ccccc8)c7n-5c46)nc(-c4cccc5c4oc4ccccc45)n3)c2)cc1. The molecule has 5 heterocycles. The lowest BCUT2D eigenvalue weighted by Crippen LogP contribution is -2.07. The second-order valence-corrected chi connectivity index (χ2v) is 16.2. The van der Waals surface area contributed by atoms with Crippen molar-refractivity contribution in [2.24, 2.45) is 0 Å². The van der Waals surface area contributed by atoms with Gasteiger partial charge in [0.25, 0.3) is 0 Å². The first-order chi connectivity index (χ1) is 29.8. The summed E-state index contributed by atoms with van der Waals surface area (Å²) < 4.78 is 11.4. The van der Waals surface area contributed by atoms with Crippen LogP contribution in [-0.4, -0.2) is 24.1 Å². The van der Waals surface area contributed by atoms with Crippen molar-refractivity contribution in [3.05, 3.63) is 188 Å². The third kappa shape index (κ3) is 4.87. The predicted molar refractivity (Wildman–Crippen MR) is 244 cm³/mol. The van der Waals surface area contributed by atoms with Gasteiger partial charge in [-0.3, -0.25) is 9.13 Å². The van der Waals surface area contributed by atoms with E-state index in [-0.39, 0.29) is 0 Å². The van der Waals surface area contributed by atoms with Crippen molar-refractivity contribution in [3.63, 3.8) is 0 Å². The number of benzene rings is 8. The molecule has 0 saturated carbocycles. The summed E-state index contributed by atoms with van der Waals surface area (Å²) in [6.45, 7) is 0. The molecule has 60 heavy (non-hydrogen) atoms. The van der Waals surface area contributed by atoms with E-state index in [1.807, 2.05) is 24.3 Å². The molecule has 13 rings (SSSR count). The van der Waals surface area contributed by atoms with E-state index < -0.39 is 0 Å². The lowest BCUT2D eigenvalue weighted by atomic mass is 10.0. The van der Waals surface area contributed by atoms with Crippen LogP contribution in [0.25, 0.3) is 111 Å². The molecule has 0 atom stereocenters. The highest BCUT2D eigenvalue weighted by atomic mass is 32.2. The van der Waals surface area contributed by atoms with Crippen LogP contribution in [0.5, 0.6) is 0 Å². The Kier molecular flexibility index (Phi) is 7.14. The highest BCUT2D eigenvalue weighted by Crippen LogP contribution is 2.52. The molecule has 0 spiro atoms. The summed E-state index contributed by atoms with van der Waals surface area (Å²) in [5.41, 5.74) is 12.2. The summed E-state index contributed by atoms with van der Waals surface area (Å²) in [6, 6.07) is 65.9. The van der Waals surface area contributed by atoms with Crippen LogP contribution in [0.2, 0.25) is 0 Å². The summed E-state index contributed by atoms with van der Waals surface area (Å²) in [6.07, 6.45) is 0. The first-order valence-electron chi connectivity index (χ1n) is 20.0. The third-order valence-electron chi connectivity index (χ3n) is 11.8. The van der Waals surface area contributed by atoms with E-state index in [9.17, 15) is 0 Å². The molecule has 6 nitrogen and oxygen atoms in total. The molecule has 0 saturated heterocycles. The predicted octanol–water partition coefficient (Wildman–Crippen LogP) is 13.9. The molecule has 0 bridgehead atoms. The molecule has 0 radical (unpaired) electrons. The number of hydrogen-bond acceptors (Lipinski definition) is 5. The molecule has 280 valence electrons. The first kappa shape index (κ1) is 33.3. The van der Waals surface area contributed by atoms with Gasteiger partial charge in [0.15, 0.2) is 17.5 Å². The Labute approximate surface area is 348 Å². The van der Waals surface area contributed by atoms with Gasteiger partial charge in [-0.25, -0.2) is 15.0 Å². The van der Waals surface area contributed by atoms with Crippen molar-refractivity contribution >= 4 is 66.5 Å². The monoisotopic (exact) mass is 785 g/mol. The molecule has 0 aliphatic carbocycles. The van der Waals surface area contributed by atoms with Crippen LogP contribution in [-0.2, 0) is 0 Å². The van der Waals surface area contributed by atoms with E-state index >= 15 is 0 Å². The number of aromatic nitrogens is 5. The largest absolute Gasteiger partial charge is 0.455 e. The Hall–Kier alpha value is -7.74. The van der Waals surface area contributed by atoms with E-state index in [0.717, 1.165) is 71.7 Å². The topological polar surface area (TPSA) is 61.7 Å². The minimum atomic E-state index is 0.554. The van der Waals surface area contributed by atoms with Gasteiger partial charge in [-0.1, -0.05) is 145 Å². The Bertz CT molecular complexity index is 3700. The molecule has 7 heteroatoms. The fourth-order valence-electron chi connectivity index (χ4n) is 9.15. The summed E-state index contributed by atoms with van der Waals surface area (Å²) in [5.74, 6) is 1.74. The van der Waals surface area contributed by atoms with Gasteiger partial charge in [-0.2, -0.15) is 0 Å². The lowest BCUT2D eigenvalue weighted by Gasteiger charge is -2.23. The maximum absolute atomic E-state index is 6.56. The van der Waals surface area contributed by atoms with E-state index in [1.165, 1.54) is 32.1 Å². The molecule has 0 N–H and O–H groups in total. The van der Waals surface area contributed by atoms with Crippen molar-refractivity contribution in [3.8, 4) is 56.7 Å². The molecular formula is C53H31N5OS. The molecular weight excluding hydrogens is 755 g/mol. The van der Waals surface area contributed by atoms with Crippen molar-refractivity contribution in [1.29, 1.82) is 0 Å². The van der Waals surface area contributed by atoms with Gasteiger partial charge in [0.1, 0.15) is 16.8 Å². The number of para-hydroxylation sites is 5. The highest BCUT2D eigenvalue weighted by Gasteiger charge is 2.30. The molecule has 0 amide bonds. The minimum absolute atomic E-state index is 0.554. The van der Waals surface area contributed by atoms with Gasteiger partial charge in [0.2, 0.25) is 0 Å². The van der Waals surface area contributed by atoms with Crippen LogP contribution in [0.4, 0.5) is 0 Å². The Balaban J connectivity index is 1.08. The summed E-state index contributed by atoms with van der Waals surface area (Å²) in [7, 11) is 0. The normalized spacial score (nSPS) is 12.3. The van der Waals surface area contributed by atoms with Crippen molar-refractivity contribution in [2.45, 2.75) is 9.79 Å². The Morgan fingerprint density at radius 3 is 1.97 bits per heavy atom. The van der Waals surface area contributed by atoms with E-state index in [4.69, 9.17) is 19.4 Å². The third-order valence-corrected chi connectivity index (χ3v) is 12.9. The van der Waals surface area contributed by atoms with Gasteiger partial charge < -0.3 is 4.42 Å². The quantitative estimate of drug-likeness (QED) is 0.174. The van der Waals surface area contributed by atoms with Crippen LogP contribution < -0.4 is 0 Å². The van der Waals surface area contributed by atoms with Gasteiger partial charge in [-0.15, -0.1) is 0 Å². The summed E-state index contributed by atoms with van der Waals surface area (Å²) in [4.78, 5) is 18.2. The van der Waals surface area contributed by atoms with Crippen molar-refractivity contribution in [2.75, 3.05) is 0 Å². The van der Waals surface area contributed by atoms with Crippen LogP contribution in [0.3, 0.4) is 0 Å². The van der Waals surface area contributed by atoms with Crippen molar-refractivity contribution in [1.82, 2.24) is 24.1 Å². The Morgan fingerprint density at radius 1 is 0.450 bits per heavy atom. The van der Waals surface area contributed by atoms with Gasteiger partial charge in [-0.05, 0) is 65.7 Å². The van der Waals surface area contributed by atoms with E-state index in [0.29, 0.717) is 17.5 Å². The molecule has 4 aromatic heterocycles. The standard InChI is InChI=1S/C53H31N5OS/c1-3-15-32(16-4-1)33-17-11-18-34(31-33)50-54-51(40-25-12-23-37-36-21-8-10-29-44(36)59-48(37)40)56-52(55-50)41-26-13-28-43-49(41)60-45-30-14-24-39-46-38-22-7-9-27-42(38)57(35-19-5-2-6-20-35)53(46)58(43)47(39)45/h1-31H. The zero-order chi connectivity index (χ0) is 39.3. The molecule has 1 aliphatic rings. The second-order valence-electron chi connectivity index (χ2n) is 15.2. The number of hydrogen-bond donors (Lipinski definition) is 0. The van der Waals surface area contributed by atoms with Crippen LogP contribution in [0, 0.1) is 0 Å². The first-order valence-corrected chi connectivity index (χ1v) is 20.8. The van der Waals surface area contributed by atoms with Crippen LogP contribution in [0.15, 0.2) is 202 Å². The molecule has 0 fully saturated rings. The highest BCUT2D eigenvalue weighted by molar-refractivity contribution is 8.00. The zero-order valence-electron chi connectivity index (χ0n) is 32.0. The number of nitrogens with zero attached hydrogens (tertiary/aromatic N) is 5. The molecule has 1 aliphatic heterocycles. The minimum Gasteiger partial charge on any atom is -0.455 e. The lowest BCUT2D eigenvalue weighted by molar-refractivity contribution is 0.669. The van der Waals surface area contributed by atoms with Gasteiger partial charge in [0.05, 0.1) is 22.3 Å². The number of fused-ring (bicyclic) bond motifs is 10. The summed E-state index contributed by atoms with van der Waals surface area (Å²) >= 11 is 1.78.